The van der Waals surface area contributed by atoms with Crippen LogP contribution in [0.2, 0.25) is 0 Å². The van der Waals surface area contributed by atoms with Crippen molar-refractivity contribution in [3.8, 4) is 12.3 Å². The summed E-state index contributed by atoms with van der Waals surface area (Å²) in [7, 11) is 0. The standard InChI is InChI=1S/C8H12O/c1-2-4-8(7-9)5-3-6-8/h1,9H,3-7H2. The summed E-state index contributed by atoms with van der Waals surface area (Å²) in [6.45, 7) is 0.275. The van der Waals surface area contributed by atoms with Crippen LogP contribution in [0.1, 0.15) is 25.7 Å². The molecule has 1 fully saturated rings. The fourth-order valence-corrected chi connectivity index (χ4v) is 1.28. The molecule has 1 N–H and O–H groups in total. The van der Waals surface area contributed by atoms with Gasteiger partial charge in [-0.3, -0.25) is 0 Å². The predicted molar refractivity (Wildman–Crippen MR) is 36.8 cm³/mol. The van der Waals surface area contributed by atoms with Gasteiger partial charge in [-0.1, -0.05) is 6.42 Å². The number of rotatable bonds is 2. The van der Waals surface area contributed by atoms with E-state index >= 15 is 0 Å². The van der Waals surface area contributed by atoms with E-state index in [9.17, 15) is 0 Å². The summed E-state index contributed by atoms with van der Waals surface area (Å²) in [6.07, 6.45) is 9.37. The van der Waals surface area contributed by atoms with Crippen LogP contribution in [0, 0.1) is 17.8 Å². The van der Waals surface area contributed by atoms with Crippen LogP contribution in [0.4, 0.5) is 0 Å². The lowest BCUT2D eigenvalue weighted by Crippen LogP contribution is -2.32. The van der Waals surface area contributed by atoms with Crippen LogP contribution in [0.5, 0.6) is 0 Å². The third kappa shape index (κ3) is 1.09. The molecule has 0 unspecified atom stereocenters. The monoisotopic (exact) mass is 124 g/mol. The van der Waals surface area contributed by atoms with E-state index in [1.165, 1.54) is 6.42 Å². The maximum Gasteiger partial charge on any atom is 0.0496 e. The molecule has 1 heteroatoms. The molecule has 0 aromatic heterocycles. The Kier molecular flexibility index (Phi) is 1.78. The first-order chi connectivity index (χ1) is 4.33. The van der Waals surface area contributed by atoms with Gasteiger partial charge in [0.15, 0.2) is 0 Å². The first-order valence-corrected chi connectivity index (χ1v) is 3.37. The van der Waals surface area contributed by atoms with Gasteiger partial charge in [-0.25, -0.2) is 0 Å². The fraction of sp³-hybridized carbons (Fsp3) is 0.750. The van der Waals surface area contributed by atoms with Crippen LogP contribution in [0.25, 0.3) is 0 Å². The highest BCUT2D eigenvalue weighted by atomic mass is 16.3. The van der Waals surface area contributed by atoms with E-state index in [0.29, 0.717) is 0 Å². The number of hydrogen-bond acceptors (Lipinski definition) is 1. The molecule has 1 aliphatic rings. The summed E-state index contributed by atoms with van der Waals surface area (Å²) in [5.74, 6) is 2.60. The fourth-order valence-electron chi connectivity index (χ4n) is 1.28. The molecule has 0 amide bonds. The van der Waals surface area contributed by atoms with Crippen molar-refractivity contribution >= 4 is 0 Å². The van der Waals surface area contributed by atoms with Gasteiger partial charge in [0.05, 0.1) is 0 Å². The van der Waals surface area contributed by atoms with Crippen molar-refractivity contribution in [2.24, 2.45) is 5.41 Å². The van der Waals surface area contributed by atoms with Crippen LogP contribution in [-0.4, -0.2) is 11.7 Å². The Bertz CT molecular complexity index is 122. The highest BCUT2D eigenvalue weighted by molar-refractivity contribution is 4.98. The molecule has 0 spiro atoms. The van der Waals surface area contributed by atoms with Gasteiger partial charge in [0.25, 0.3) is 0 Å². The molecule has 0 aromatic rings. The first kappa shape index (κ1) is 6.64. The third-order valence-electron chi connectivity index (χ3n) is 2.23. The zero-order chi connectivity index (χ0) is 6.74. The van der Waals surface area contributed by atoms with Crippen LogP contribution in [-0.2, 0) is 0 Å². The van der Waals surface area contributed by atoms with E-state index in [-0.39, 0.29) is 12.0 Å². The average molecular weight is 124 g/mol. The lowest BCUT2D eigenvalue weighted by atomic mass is 9.67. The molecule has 0 radical (unpaired) electrons. The number of terminal acetylenes is 1. The summed E-state index contributed by atoms with van der Waals surface area (Å²) in [4.78, 5) is 0. The average Bonchev–Trinajstić information content (AvgIpc) is 1.79. The van der Waals surface area contributed by atoms with Crippen LogP contribution in [0.3, 0.4) is 0 Å². The van der Waals surface area contributed by atoms with Gasteiger partial charge in [-0.2, -0.15) is 0 Å². The van der Waals surface area contributed by atoms with E-state index in [1.54, 1.807) is 0 Å². The molecule has 0 atom stereocenters. The van der Waals surface area contributed by atoms with Crippen LogP contribution >= 0.6 is 0 Å². The van der Waals surface area contributed by atoms with Gasteiger partial charge in [0.1, 0.15) is 0 Å². The minimum atomic E-state index is 0.134. The minimum absolute atomic E-state index is 0.134. The number of aliphatic hydroxyl groups excluding tert-OH is 1. The van der Waals surface area contributed by atoms with Gasteiger partial charge in [0.2, 0.25) is 0 Å². The maximum atomic E-state index is 8.87. The zero-order valence-electron chi connectivity index (χ0n) is 5.56. The molecule has 1 aliphatic carbocycles. The highest BCUT2D eigenvalue weighted by Crippen LogP contribution is 2.42. The van der Waals surface area contributed by atoms with E-state index in [4.69, 9.17) is 11.5 Å². The molecule has 9 heavy (non-hydrogen) atoms. The van der Waals surface area contributed by atoms with Gasteiger partial charge in [-0.15, -0.1) is 12.3 Å². The summed E-state index contributed by atoms with van der Waals surface area (Å²) in [5, 5.41) is 8.87. The maximum absolute atomic E-state index is 8.87. The first-order valence-electron chi connectivity index (χ1n) is 3.37. The Morgan fingerprint density at radius 2 is 2.22 bits per heavy atom. The van der Waals surface area contributed by atoms with E-state index in [2.05, 4.69) is 5.92 Å². The quantitative estimate of drug-likeness (QED) is 0.548. The van der Waals surface area contributed by atoms with Crippen LogP contribution in [0.15, 0.2) is 0 Å². The Balaban J connectivity index is 2.39. The van der Waals surface area contributed by atoms with E-state index < -0.39 is 0 Å². The summed E-state index contributed by atoms with van der Waals surface area (Å²) in [6, 6.07) is 0. The molecule has 0 aliphatic heterocycles. The Morgan fingerprint density at radius 3 is 2.33 bits per heavy atom. The second-order valence-electron chi connectivity index (χ2n) is 2.89. The lowest BCUT2D eigenvalue weighted by molar-refractivity contribution is 0.0498. The SMILES string of the molecule is C#CCC1(CO)CCC1. The molecule has 0 heterocycles. The smallest absolute Gasteiger partial charge is 0.0496 e. The van der Waals surface area contributed by atoms with Crippen molar-refractivity contribution in [1.29, 1.82) is 0 Å². The van der Waals surface area contributed by atoms with Gasteiger partial charge < -0.3 is 5.11 Å². The van der Waals surface area contributed by atoms with Crippen molar-refractivity contribution < 1.29 is 5.11 Å². The Morgan fingerprint density at radius 1 is 1.56 bits per heavy atom. The van der Waals surface area contributed by atoms with Gasteiger partial charge >= 0.3 is 0 Å². The molecule has 1 saturated carbocycles. The highest BCUT2D eigenvalue weighted by Gasteiger charge is 2.35. The minimum Gasteiger partial charge on any atom is -0.396 e. The Labute approximate surface area is 56.1 Å². The molecule has 50 valence electrons. The summed E-state index contributed by atoms with van der Waals surface area (Å²) in [5.41, 5.74) is 0.134. The second kappa shape index (κ2) is 2.41. The molecule has 0 saturated heterocycles. The summed E-state index contributed by atoms with van der Waals surface area (Å²) >= 11 is 0. The summed E-state index contributed by atoms with van der Waals surface area (Å²) < 4.78 is 0. The molecule has 1 nitrogen and oxygen atoms in total. The van der Waals surface area contributed by atoms with E-state index in [0.717, 1.165) is 19.3 Å². The predicted octanol–water partition coefficient (Wildman–Crippen LogP) is 1.17. The molecule has 0 aromatic carbocycles. The third-order valence-corrected chi connectivity index (χ3v) is 2.23. The zero-order valence-corrected chi connectivity index (χ0v) is 5.56. The van der Waals surface area contributed by atoms with Crippen molar-refractivity contribution in [3.05, 3.63) is 0 Å². The largest absolute Gasteiger partial charge is 0.396 e. The van der Waals surface area contributed by atoms with E-state index in [1.807, 2.05) is 0 Å². The second-order valence-corrected chi connectivity index (χ2v) is 2.89. The topological polar surface area (TPSA) is 20.2 Å². The van der Waals surface area contributed by atoms with Crippen molar-refractivity contribution in [2.45, 2.75) is 25.7 Å². The van der Waals surface area contributed by atoms with Crippen LogP contribution < -0.4 is 0 Å². The molecular weight excluding hydrogens is 112 g/mol. The number of aliphatic hydroxyl groups is 1. The molecular formula is C8H12O. The van der Waals surface area contributed by atoms with Crippen molar-refractivity contribution in [1.82, 2.24) is 0 Å². The Hall–Kier alpha value is -0.480. The number of hydrogen-bond donors (Lipinski definition) is 1. The molecule has 0 bridgehead atoms. The molecule has 1 rings (SSSR count). The van der Waals surface area contributed by atoms with Crippen molar-refractivity contribution in [2.75, 3.05) is 6.61 Å². The van der Waals surface area contributed by atoms with Gasteiger partial charge in [-0.05, 0) is 12.8 Å². The lowest BCUT2D eigenvalue weighted by Gasteiger charge is -2.38. The van der Waals surface area contributed by atoms with Gasteiger partial charge in [0, 0.05) is 18.4 Å². The normalized spacial score (nSPS) is 22.2. The van der Waals surface area contributed by atoms with Crippen molar-refractivity contribution in [3.63, 3.8) is 0 Å².